The van der Waals surface area contributed by atoms with E-state index in [-0.39, 0.29) is 0 Å². The molecule has 1 saturated heterocycles. The van der Waals surface area contributed by atoms with Gasteiger partial charge >= 0.3 is 0 Å². The van der Waals surface area contributed by atoms with E-state index in [4.69, 9.17) is 0 Å². The summed E-state index contributed by atoms with van der Waals surface area (Å²) in [6, 6.07) is 4.37. The topological polar surface area (TPSA) is 19.4 Å². The molecule has 0 radical (unpaired) electrons. The van der Waals surface area contributed by atoms with Gasteiger partial charge in [-0.15, -0.1) is 0 Å². The predicted octanol–water partition coefficient (Wildman–Crippen LogP) is 1.88. The summed E-state index contributed by atoms with van der Waals surface area (Å²) in [4.78, 5) is 9.21. The van der Waals surface area contributed by atoms with Crippen LogP contribution in [0.25, 0.3) is 0 Å². The van der Waals surface area contributed by atoms with Crippen molar-refractivity contribution >= 4 is 5.69 Å². The van der Waals surface area contributed by atoms with Crippen LogP contribution in [0.5, 0.6) is 0 Å². The van der Waals surface area contributed by atoms with Crippen molar-refractivity contribution in [1.82, 2.24) is 9.88 Å². The number of likely N-dealkylation sites (tertiary alicyclic amines) is 1. The average molecular weight is 219 g/mol. The first-order valence-corrected chi connectivity index (χ1v) is 5.90. The molecule has 2 rings (SSSR count). The second kappa shape index (κ2) is 4.42. The van der Waals surface area contributed by atoms with E-state index < -0.39 is 0 Å². The summed E-state index contributed by atoms with van der Waals surface area (Å²) in [7, 11) is 6.35. The number of anilines is 1. The molecule has 0 spiro atoms. The summed E-state index contributed by atoms with van der Waals surface area (Å²) in [5, 5.41) is 0. The number of pyridine rings is 1. The molecule has 0 aromatic carbocycles. The molecule has 1 aliphatic rings. The summed E-state index contributed by atoms with van der Waals surface area (Å²) in [6.07, 6.45) is 1.24. The molecule has 3 nitrogen and oxygen atoms in total. The van der Waals surface area contributed by atoms with Gasteiger partial charge in [-0.05, 0) is 39.1 Å². The molecule has 1 aromatic rings. The van der Waals surface area contributed by atoms with E-state index >= 15 is 0 Å². The van der Waals surface area contributed by atoms with Crippen molar-refractivity contribution in [1.29, 1.82) is 0 Å². The second-order valence-corrected chi connectivity index (χ2v) is 5.03. The first kappa shape index (κ1) is 11.4. The Bertz CT molecular complexity index is 373. The minimum atomic E-state index is 0.614. The van der Waals surface area contributed by atoms with E-state index in [2.05, 4.69) is 55.0 Å². The molecule has 1 aromatic heterocycles. The maximum Gasteiger partial charge on any atom is 0.0471 e. The van der Waals surface area contributed by atoms with Gasteiger partial charge in [0.2, 0.25) is 0 Å². The van der Waals surface area contributed by atoms with Crippen molar-refractivity contribution in [3.8, 4) is 0 Å². The van der Waals surface area contributed by atoms with Crippen molar-refractivity contribution in [2.75, 3.05) is 39.1 Å². The average Bonchev–Trinajstić information content (AvgIpc) is 2.64. The molecular weight excluding hydrogens is 198 g/mol. The highest BCUT2D eigenvalue weighted by Crippen LogP contribution is 2.27. The van der Waals surface area contributed by atoms with E-state index in [0.29, 0.717) is 5.92 Å². The lowest BCUT2D eigenvalue weighted by molar-refractivity contribution is 0.410. The standard InChI is InChI=1S/C13H21N3/c1-10-7-12(15(2)3)8-13(14-10)11-5-6-16(4)9-11/h7-8,11H,5-6,9H2,1-4H3. The maximum atomic E-state index is 4.68. The Morgan fingerprint density at radius 1 is 1.38 bits per heavy atom. The third-order valence-corrected chi connectivity index (χ3v) is 3.28. The van der Waals surface area contributed by atoms with E-state index in [1.54, 1.807) is 0 Å². The normalized spacial score (nSPS) is 21.4. The Labute approximate surface area is 98.1 Å². The van der Waals surface area contributed by atoms with Crippen molar-refractivity contribution in [2.45, 2.75) is 19.3 Å². The quantitative estimate of drug-likeness (QED) is 0.757. The third-order valence-electron chi connectivity index (χ3n) is 3.28. The Hall–Kier alpha value is -1.09. The maximum absolute atomic E-state index is 4.68. The number of rotatable bonds is 2. The minimum absolute atomic E-state index is 0.614. The Kier molecular flexibility index (Phi) is 3.15. The SMILES string of the molecule is Cc1cc(N(C)C)cc(C2CCN(C)C2)n1. The van der Waals surface area contributed by atoms with Crippen LogP contribution in [0.2, 0.25) is 0 Å². The predicted molar refractivity (Wildman–Crippen MR) is 68.2 cm³/mol. The number of aromatic nitrogens is 1. The minimum Gasteiger partial charge on any atom is -0.378 e. The molecule has 0 aliphatic carbocycles. The summed E-state index contributed by atoms with van der Waals surface area (Å²) in [5.74, 6) is 0.614. The van der Waals surface area contributed by atoms with Crippen LogP contribution in [0.15, 0.2) is 12.1 Å². The lowest BCUT2D eigenvalue weighted by Gasteiger charge is -2.17. The van der Waals surface area contributed by atoms with Gasteiger partial charge in [-0.1, -0.05) is 0 Å². The fourth-order valence-corrected chi connectivity index (χ4v) is 2.32. The molecule has 88 valence electrons. The zero-order valence-corrected chi connectivity index (χ0v) is 10.7. The lowest BCUT2D eigenvalue weighted by Crippen LogP contribution is -2.15. The van der Waals surface area contributed by atoms with Gasteiger partial charge in [0.15, 0.2) is 0 Å². The molecule has 1 atom stereocenters. The summed E-state index contributed by atoms with van der Waals surface area (Å²) < 4.78 is 0. The summed E-state index contributed by atoms with van der Waals surface area (Å²) in [5.41, 5.74) is 3.64. The van der Waals surface area contributed by atoms with Gasteiger partial charge in [-0.2, -0.15) is 0 Å². The number of likely N-dealkylation sites (N-methyl/N-ethyl adjacent to an activating group) is 1. The van der Waals surface area contributed by atoms with E-state index in [1.165, 1.54) is 24.3 Å². The number of hydrogen-bond donors (Lipinski definition) is 0. The van der Waals surface area contributed by atoms with E-state index in [1.807, 2.05) is 0 Å². The number of aryl methyl sites for hydroxylation is 1. The largest absolute Gasteiger partial charge is 0.378 e. The fraction of sp³-hybridized carbons (Fsp3) is 0.615. The lowest BCUT2D eigenvalue weighted by atomic mass is 10.0. The van der Waals surface area contributed by atoms with Crippen LogP contribution in [-0.4, -0.2) is 44.1 Å². The highest BCUT2D eigenvalue weighted by Gasteiger charge is 2.22. The van der Waals surface area contributed by atoms with Crippen LogP contribution in [0, 0.1) is 6.92 Å². The number of hydrogen-bond acceptors (Lipinski definition) is 3. The van der Waals surface area contributed by atoms with Crippen LogP contribution in [0.4, 0.5) is 5.69 Å². The Morgan fingerprint density at radius 3 is 2.69 bits per heavy atom. The van der Waals surface area contributed by atoms with Crippen molar-refractivity contribution in [3.63, 3.8) is 0 Å². The number of nitrogens with zero attached hydrogens (tertiary/aromatic N) is 3. The van der Waals surface area contributed by atoms with E-state index in [0.717, 1.165) is 12.2 Å². The molecule has 16 heavy (non-hydrogen) atoms. The molecular formula is C13H21N3. The van der Waals surface area contributed by atoms with Gasteiger partial charge in [-0.3, -0.25) is 4.98 Å². The molecule has 2 heterocycles. The monoisotopic (exact) mass is 219 g/mol. The molecule has 0 N–H and O–H groups in total. The van der Waals surface area contributed by atoms with Gasteiger partial charge < -0.3 is 9.80 Å². The second-order valence-electron chi connectivity index (χ2n) is 5.03. The molecule has 0 amide bonds. The van der Waals surface area contributed by atoms with Crippen LogP contribution in [0.1, 0.15) is 23.7 Å². The van der Waals surface area contributed by atoms with Crippen molar-refractivity contribution in [3.05, 3.63) is 23.5 Å². The highest BCUT2D eigenvalue weighted by molar-refractivity contribution is 5.47. The van der Waals surface area contributed by atoms with Crippen LogP contribution in [0.3, 0.4) is 0 Å². The fourth-order valence-electron chi connectivity index (χ4n) is 2.32. The third kappa shape index (κ3) is 2.35. The van der Waals surface area contributed by atoms with Crippen molar-refractivity contribution in [2.24, 2.45) is 0 Å². The smallest absolute Gasteiger partial charge is 0.0471 e. The van der Waals surface area contributed by atoms with Crippen molar-refractivity contribution < 1.29 is 0 Å². The van der Waals surface area contributed by atoms with Crippen LogP contribution in [-0.2, 0) is 0 Å². The summed E-state index contributed by atoms with van der Waals surface area (Å²) in [6.45, 7) is 4.41. The molecule has 1 unspecified atom stereocenters. The van der Waals surface area contributed by atoms with Gasteiger partial charge in [0.25, 0.3) is 0 Å². The van der Waals surface area contributed by atoms with Gasteiger partial charge in [0.1, 0.15) is 0 Å². The molecule has 0 saturated carbocycles. The molecule has 1 aliphatic heterocycles. The first-order chi connectivity index (χ1) is 7.56. The summed E-state index contributed by atoms with van der Waals surface area (Å²) >= 11 is 0. The van der Waals surface area contributed by atoms with Crippen LogP contribution >= 0.6 is 0 Å². The first-order valence-electron chi connectivity index (χ1n) is 5.90. The highest BCUT2D eigenvalue weighted by atomic mass is 15.1. The molecule has 1 fully saturated rings. The van der Waals surface area contributed by atoms with E-state index in [9.17, 15) is 0 Å². The molecule has 0 bridgehead atoms. The van der Waals surface area contributed by atoms with Gasteiger partial charge in [-0.25, -0.2) is 0 Å². The zero-order valence-electron chi connectivity index (χ0n) is 10.7. The Balaban J connectivity index is 2.27. The van der Waals surface area contributed by atoms with Crippen LogP contribution < -0.4 is 4.90 Å². The Morgan fingerprint density at radius 2 is 2.12 bits per heavy atom. The zero-order chi connectivity index (χ0) is 11.7. The molecule has 3 heteroatoms. The van der Waals surface area contributed by atoms with Gasteiger partial charge in [0, 0.05) is 43.6 Å². The van der Waals surface area contributed by atoms with Gasteiger partial charge in [0.05, 0.1) is 0 Å².